The van der Waals surface area contributed by atoms with Crippen LogP contribution in [0.25, 0.3) is 11.0 Å². The van der Waals surface area contributed by atoms with Crippen LogP contribution in [0.15, 0.2) is 26.4 Å². The predicted molar refractivity (Wildman–Crippen MR) is 93.6 cm³/mol. The van der Waals surface area contributed by atoms with E-state index in [-0.39, 0.29) is 29.0 Å². The molecule has 0 radical (unpaired) electrons. The number of methoxy groups -OCH3 is 2. The van der Waals surface area contributed by atoms with Gasteiger partial charge in [-0.2, -0.15) is 0 Å². The molecule has 3 rings (SSSR count). The zero-order valence-electron chi connectivity index (χ0n) is 13.7. The maximum Gasteiger partial charge on any atom is 0.197 e. The minimum atomic E-state index is -0.212. The summed E-state index contributed by atoms with van der Waals surface area (Å²) in [6, 6.07) is 3.04. The lowest BCUT2D eigenvalue weighted by Gasteiger charge is -2.32. The lowest BCUT2D eigenvalue weighted by atomic mass is 9.80. The van der Waals surface area contributed by atoms with E-state index in [1.54, 1.807) is 13.2 Å². The maximum atomic E-state index is 12.5. The third kappa shape index (κ3) is 2.87. The summed E-state index contributed by atoms with van der Waals surface area (Å²) in [6.45, 7) is 1.56. The van der Waals surface area contributed by atoms with Gasteiger partial charge < -0.3 is 24.3 Å². The number of hydrogen-bond acceptors (Lipinski definition) is 7. The molecular formula is C17H21NO5S. The van der Waals surface area contributed by atoms with Crippen LogP contribution in [0, 0.1) is 5.92 Å². The fraction of sp³-hybridized carbons (Fsp3) is 0.471. The van der Waals surface area contributed by atoms with Crippen molar-refractivity contribution < 1.29 is 19.0 Å². The Morgan fingerprint density at radius 2 is 2.08 bits per heavy atom. The Morgan fingerprint density at radius 3 is 2.75 bits per heavy atom. The largest absolute Gasteiger partial charge is 0.496 e. The van der Waals surface area contributed by atoms with Gasteiger partial charge in [-0.15, -0.1) is 12.6 Å². The third-order valence-corrected chi connectivity index (χ3v) is 4.83. The van der Waals surface area contributed by atoms with Gasteiger partial charge in [0.25, 0.3) is 0 Å². The van der Waals surface area contributed by atoms with E-state index >= 15 is 0 Å². The normalized spacial score (nSPS) is 21.0. The first-order valence-corrected chi connectivity index (χ1v) is 8.28. The summed E-state index contributed by atoms with van der Waals surface area (Å²) >= 11 is 4.20. The average molecular weight is 351 g/mol. The van der Waals surface area contributed by atoms with Gasteiger partial charge in [0.2, 0.25) is 0 Å². The van der Waals surface area contributed by atoms with Gasteiger partial charge >= 0.3 is 0 Å². The van der Waals surface area contributed by atoms with Crippen LogP contribution in [-0.2, 0) is 0 Å². The number of hydrogen-bond donors (Lipinski definition) is 3. The van der Waals surface area contributed by atoms with E-state index < -0.39 is 0 Å². The van der Waals surface area contributed by atoms with Crippen molar-refractivity contribution in [2.24, 2.45) is 5.92 Å². The number of rotatable bonds is 4. The van der Waals surface area contributed by atoms with Crippen molar-refractivity contribution in [1.29, 1.82) is 0 Å². The highest BCUT2D eigenvalue weighted by molar-refractivity contribution is 7.80. The second-order valence-corrected chi connectivity index (χ2v) is 6.33. The summed E-state index contributed by atoms with van der Waals surface area (Å²) in [6.07, 6.45) is 0.809. The van der Waals surface area contributed by atoms with Gasteiger partial charge in [0, 0.05) is 36.8 Å². The summed E-state index contributed by atoms with van der Waals surface area (Å²) in [4.78, 5) is 12.5. The molecule has 130 valence electrons. The molecule has 0 amide bonds. The molecule has 1 aromatic carbocycles. The Bertz CT molecular complexity index is 804. The van der Waals surface area contributed by atoms with Crippen molar-refractivity contribution in [1.82, 2.24) is 5.32 Å². The van der Waals surface area contributed by atoms with Gasteiger partial charge in [0.15, 0.2) is 10.5 Å². The fourth-order valence-corrected chi connectivity index (χ4v) is 3.67. The number of piperidine rings is 1. The van der Waals surface area contributed by atoms with Crippen LogP contribution in [0.1, 0.15) is 17.9 Å². The van der Waals surface area contributed by atoms with Crippen molar-refractivity contribution >= 4 is 23.6 Å². The van der Waals surface area contributed by atoms with Gasteiger partial charge in [-0.25, -0.2) is 0 Å². The topological polar surface area (TPSA) is 80.9 Å². The zero-order chi connectivity index (χ0) is 17.3. The molecule has 1 fully saturated rings. The van der Waals surface area contributed by atoms with E-state index in [1.165, 1.54) is 13.2 Å². The third-order valence-electron chi connectivity index (χ3n) is 4.61. The van der Waals surface area contributed by atoms with Gasteiger partial charge in [-0.1, -0.05) is 0 Å². The van der Waals surface area contributed by atoms with E-state index in [9.17, 15) is 9.90 Å². The second kappa shape index (κ2) is 7.04. The van der Waals surface area contributed by atoms with Gasteiger partial charge in [0.05, 0.1) is 14.2 Å². The number of benzene rings is 1. The smallest absolute Gasteiger partial charge is 0.197 e. The first kappa shape index (κ1) is 17.1. The fourth-order valence-electron chi connectivity index (χ4n) is 3.46. The van der Waals surface area contributed by atoms with Crippen LogP contribution in [-0.4, -0.2) is 39.0 Å². The highest BCUT2D eigenvalue weighted by Crippen LogP contribution is 2.43. The van der Waals surface area contributed by atoms with E-state index in [1.807, 2.05) is 0 Å². The van der Waals surface area contributed by atoms with Crippen LogP contribution in [0.4, 0.5) is 0 Å². The molecule has 0 bridgehead atoms. The Kier molecular flexibility index (Phi) is 5.03. The Morgan fingerprint density at radius 1 is 1.33 bits per heavy atom. The predicted octanol–water partition coefficient (Wildman–Crippen LogP) is 1.78. The summed E-state index contributed by atoms with van der Waals surface area (Å²) in [5.74, 6) is 1.02. The molecule has 1 aliphatic heterocycles. The van der Waals surface area contributed by atoms with E-state index in [0.29, 0.717) is 29.0 Å². The summed E-state index contributed by atoms with van der Waals surface area (Å²) in [7, 11) is 3.07. The highest BCUT2D eigenvalue weighted by atomic mass is 32.1. The quantitative estimate of drug-likeness (QED) is 0.729. The number of thiol groups is 1. The Labute approximate surface area is 145 Å². The first-order valence-electron chi connectivity index (χ1n) is 7.84. The molecule has 2 unspecified atom stereocenters. The van der Waals surface area contributed by atoms with Crippen molar-refractivity contribution in [3.63, 3.8) is 0 Å². The summed E-state index contributed by atoms with van der Waals surface area (Å²) in [5.41, 5.74) is 1.01. The number of fused-ring (bicyclic) bond motifs is 1. The Balaban J connectivity index is 2.34. The van der Waals surface area contributed by atoms with Crippen LogP contribution >= 0.6 is 12.6 Å². The maximum absolute atomic E-state index is 12.5. The van der Waals surface area contributed by atoms with E-state index in [0.717, 1.165) is 18.5 Å². The molecular weight excluding hydrogens is 330 g/mol. The number of aliphatic hydroxyl groups is 1. The zero-order valence-corrected chi connectivity index (χ0v) is 14.6. The average Bonchev–Trinajstić information content (AvgIpc) is 2.59. The van der Waals surface area contributed by atoms with Gasteiger partial charge in [-0.3, -0.25) is 4.79 Å². The molecule has 0 spiro atoms. The summed E-state index contributed by atoms with van der Waals surface area (Å²) in [5, 5.41) is 13.6. The van der Waals surface area contributed by atoms with Crippen LogP contribution in [0.2, 0.25) is 0 Å². The second-order valence-electron chi connectivity index (χ2n) is 5.89. The number of aliphatic hydroxyl groups excluding tert-OH is 1. The monoisotopic (exact) mass is 351 g/mol. The lowest BCUT2D eigenvalue weighted by molar-refractivity contribution is 0.178. The molecule has 0 saturated carbocycles. The standard InChI is InChI=1S/C17H21NO5S/c1-21-12-6-13(22-2)16-11(20)5-14(24)23-17(16)15(12)10-3-4-18-7-9(10)8-19/h5-6,9-10,18-19,24H,3-4,7-8H2,1-2H3. The molecule has 7 heteroatoms. The molecule has 1 aromatic heterocycles. The molecule has 2 aromatic rings. The molecule has 2 heterocycles. The van der Waals surface area contributed by atoms with E-state index in [2.05, 4.69) is 17.9 Å². The molecule has 2 N–H and O–H groups in total. The minimum Gasteiger partial charge on any atom is -0.496 e. The number of nitrogens with one attached hydrogen (secondary N) is 1. The first-order chi connectivity index (χ1) is 11.6. The lowest BCUT2D eigenvalue weighted by Crippen LogP contribution is -2.37. The molecule has 24 heavy (non-hydrogen) atoms. The van der Waals surface area contributed by atoms with Crippen molar-refractivity contribution in [3.05, 3.63) is 27.9 Å². The number of ether oxygens (including phenoxy) is 2. The van der Waals surface area contributed by atoms with Crippen molar-refractivity contribution in [2.75, 3.05) is 33.9 Å². The van der Waals surface area contributed by atoms with Crippen molar-refractivity contribution in [3.8, 4) is 11.5 Å². The van der Waals surface area contributed by atoms with Crippen LogP contribution in [0.3, 0.4) is 0 Å². The minimum absolute atomic E-state index is 0.0119. The summed E-state index contributed by atoms with van der Waals surface area (Å²) < 4.78 is 16.7. The van der Waals surface area contributed by atoms with Gasteiger partial charge in [0.1, 0.15) is 22.5 Å². The molecule has 2 atom stereocenters. The molecule has 1 aliphatic rings. The highest BCUT2D eigenvalue weighted by Gasteiger charge is 2.32. The molecule has 1 saturated heterocycles. The van der Waals surface area contributed by atoms with Crippen LogP contribution < -0.4 is 20.2 Å². The molecule has 0 aliphatic carbocycles. The van der Waals surface area contributed by atoms with Gasteiger partial charge in [-0.05, 0) is 18.9 Å². The van der Waals surface area contributed by atoms with Crippen molar-refractivity contribution in [2.45, 2.75) is 17.4 Å². The Hall–Kier alpha value is -1.70. The molecule has 6 nitrogen and oxygen atoms in total. The van der Waals surface area contributed by atoms with E-state index in [4.69, 9.17) is 13.9 Å². The van der Waals surface area contributed by atoms with Crippen LogP contribution in [0.5, 0.6) is 11.5 Å². The SMILES string of the molecule is COc1cc(OC)c2c(=O)cc(S)oc2c1C1CCNCC1CO.